The fraction of sp³-hybridized carbons (Fsp3) is 0.636. The van der Waals surface area contributed by atoms with Crippen LogP contribution in [-0.2, 0) is 16.6 Å². The van der Waals surface area contributed by atoms with E-state index in [1.165, 1.54) is 6.07 Å². The minimum Gasteiger partial charge on any atom is -0.447 e. The molecule has 1 aromatic rings. The smallest absolute Gasteiger partial charge is 0.274 e. The second-order valence-corrected chi connectivity index (χ2v) is 6.16. The van der Waals surface area contributed by atoms with E-state index in [1.54, 1.807) is 6.07 Å². The van der Waals surface area contributed by atoms with Crippen molar-refractivity contribution in [1.29, 1.82) is 0 Å². The van der Waals surface area contributed by atoms with Crippen molar-refractivity contribution in [3.63, 3.8) is 0 Å². The Labute approximate surface area is 106 Å². The monoisotopic (exact) mass is 274 g/mol. The first-order valence-corrected chi connectivity index (χ1v) is 7.44. The topological polar surface area (TPSA) is 91.6 Å². The van der Waals surface area contributed by atoms with Crippen LogP contribution in [0.2, 0.25) is 0 Å². The summed E-state index contributed by atoms with van der Waals surface area (Å²) in [5, 5.41) is 12.1. The van der Waals surface area contributed by atoms with Crippen LogP contribution in [0, 0.1) is 0 Å². The van der Waals surface area contributed by atoms with Gasteiger partial charge in [0.2, 0.25) is 5.09 Å². The number of aliphatic hydroxyl groups is 1. The second kappa shape index (κ2) is 5.00. The van der Waals surface area contributed by atoms with Gasteiger partial charge in [-0.3, -0.25) is 0 Å². The molecule has 18 heavy (non-hydrogen) atoms. The third kappa shape index (κ3) is 2.92. The van der Waals surface area contributed by atoms with Crippen LogP contribution in [0.3, 0.4) is 0 Å². The summed E-state index contributed by atoms with van der Waals surface area (Å²) in [5.74, 6) is 0.575. The summed E-state index contributed by atoms with van der Waals surface area (Å²) < 4.78 is 31.8. The third-order valence-corrected chi connectivity index (χ3v) is 4.41. The van der Waals surface area contributed by atoms with Crippen molar-refractivity contribution in [3.05, 3.63) is 17.9 Å². The van der Waals surface area contributed by atoms with E-state index in [4.69, 9.17) is 9.52 Å². The van der Waals surface area contributed by atoms with Gasteiger partial charge in [-0.2, -0.15) is 0 Å². The first kappa shape index (κ1) is 13.5. The van der Waals surface area contributed by atoms with E-state index in [9.17, 15) is 8.42 Å². The predicted octanol–water partition coefficient (Wildman–Crippen LogP) is 0.192. The van der Waals surface area contributed by atoms with Gasteiger partial charge in [-0.05, 0) is 31.5 Å². The van der Waals surface area contributed by atoms with E-state index in [2.05, 4.69) is 10.0 Å². The molecule has 1 aliphatic rings. The maximum absolute atomic E-state index is 12.0. The standard InChI is InChI=1S/C11H18N2O4S/c1-2-12-7-9-3-4-10(17-9)18(15,16)13-11(8-14)5-6-11/h3-4,12-14H,2,5-8H2,1H3. The van der Waals surface area contributed by atoms with Crippen LogP contribution in [0.4, 0.5) is 0 Å². The van der Waals surface area contributed by atoms with Crippen molar-refractivity contribution in [2.45, 2.75) is 36.9 Å². The molecule has 102 valence electrons. The summed E-state index contributed by atoms with van der Waals surface area (Å²) in [4.78, 5) is 0. The molecule has 1 aromatic heterocycles. The molecule has 0 spiro atoms. The van der Waals surface area contributed by atoms with Gasteiger partial charge in [0.05, 0.1) is 18.7 Å². The van der Waals surface area contributed by atoms with E-state index >= 15 is 0 Å². The molecular formula is C11H18N2O4S. The summed E-state index contributed by atoms with van der Waals surface area (Å²) in [7, 11) is -3.68. The van der Waals surface area contributed by atoms with Crippen molar-refractivity contribution >= 4 is 10.0 Å². The molecule has 0 amide bonds. The lowest BCUT2D eigenvalue weighted by atomic mass is 10.3. The number of hydrogen-bond donors (Lipinski definition) is 3. The van der Waals surface area contributed by atoms with E-state index in [-0.39, 0.29) is 11.7 Å². The van der Waals surface area contributed by atoms with Gasteiger partial charge in [-0.25, -0.2) is 13.1 Å². The molecule has 1 heterocycles. The van der Waals surface area contributed by atoms with Gasteiger partial charge in [0.25, 0.3) is 10.0 Å². The molecule has 0 aliphatic heterocycles. The molecule has 2 rings (SSSR count). The highest BCUT2D eigenvalue weighted by molar-refractivity contribution is 7.89. The maximum Gasteiger partial charge on any atom is 0.274 e. The zero-order valence-electron chi connectivity index (χ0n) is 10.3. The van der Waals surface area contributed by atoms with E-state index in [0.717, 1.165) is 6.54 Å². The van der Waals surface area contributed by atoms with Gasteiger partial charge in [0, 0.05) is 0 Å². The van der Waals surface area contributed by atoms with Crippen LogP contribution in [0.15, 0.2) is 21.6 Å². The van der Waals surface area contributed by atoms with Crippen molar-refractivity contribution < 1.29 is 17.9 Å². The first-order chi connectivity index (χ1) is 8.51. The van der Waals surface area contributed by atoms with Crippen LogP contribution < -0.4 is 10.0 Å². The van der Waals surface area contributed by atoms with Crippen molar-refractivity contribution in [2.24, 2.45) is 0 Å². The van der Waals surface area contributed by atoms with Crippen molar-refractivity contribution in [3.8, 4) is 0 Å². The minimum absolute atomic E-state index is 0.102. The van der Waals surface area contributed by atoms with Gasteiger partial charge in [-0.1, -0.05) is 6.92 Å². The average Bonchev–Trinajstić information content (AvgIpc) is 2.92. The highest BCUT2D eigenvalue weighted by atomic mass is 32.2. The third-order valence-electron chi connectivity index (χ3n) is 2.96. The second-order valence-electron chi connectivity index (χ2n) is 4.55. The highest BCUT2D eigenvalue weighted by Crippen LogP contribution is 2.36. The molecule has 0 atom stereocenters. The number of aliphatic hydroxyl groups excluding tert-OH is 1. The zero-order valence-corrected chi connectivity index (χ0v) is 11.1. The molecule has 0 saturated heterocycles. The Hall–Kier alpha value is -0.890. The molecule has 0 aromatic carbocycles. The molecule has 1 fully saturated rings. The van der Waals surface area contributed by atoms with Gasteiger partial charge in [0.1, 0.15) is 5.76 Å². The molecular weight excluding hydrogens is 256 g/mol. The van der Waals surface area contributed by atoms with Crippen LogP contribution in [0.5, 0.6) is 0 Å². The molecule has 3 N–H and O–H groups in total. The van der Waals surface area contributed by atoms with E-state index in [0.29, 0.717) is 25.1 Å². The first-order valence-electron chi connectivity index (χ1n) is 5.96. The van der Waals surface area contributed by atoms with Gasteiger partial charge in [-0.15, -0.1) is 0 Å². The Morgan fingerprint density at radius 1 is 1.44 bits per heavy atom. The molecule has 1 saturated carbocycles. The van der Waals surface area contributed by atoms with Crippen LogP contribution >= 0.6 is 0 Å². The molecule has 0 radical (unpaired) electrons. The summed E-state index contributed by atoms with van der Waals surface area (Å²) in [6.45, 7) is 3.06. The number of rotatable bonds is 7. The Balaban J connectivity index is 2.07. The minimum atomic E-state index is -3.68. The lowest BCUT2D eigenvalue weighted by Gasteiger charge is -2.12. The normalized spacial score (nSPS) is 17.9. The SMILES string of the molecule is CCNCc1ccc(S(=O)(=O)NC2(CO)CC2)o1. The largest absolute Gasteiger partial charge is 0.447 e. The quantitative estimate of drug-likeness (QED) is 0.660. The van der Waals surface area contributed by atoms with Crippen LogP contribution in [0.1, 0.15) is 25.5 Å². The summed E-state index contributed by atoms with van der Waals surface area (Å²) in [5.41, 5.74) is -0.673. The maximum atomic E-state index is 12.0. The van der Waals surface area contributed by atoms with Crippen LogP contribution in [0.25, 0.3) is 0 Å². The molecule has 0 unspecified atom stereocenters. The lowest BCUT2D eigenvalue weighted by molar-refractivity contribution is 0.245. The summed E-state index contributed by atoms with van der Waals surface area (Å²) in [6, 6.07) is 3.07. The van der Waals surface area contributed by atoms with Gasteiger partial charge < -0.3 is 14.8 Å². The van der Waals surface area contributed by atoms with Crippen LogP contribution in [-0.4, -0.2) is 32.2 Å². The number of sulfonamides is 1. The Morgan fingerprint density at radius 3 is 2.72 bits per heavy atom. The number of nitrogens with one attached hydrogen (secondary N) is 2. The Bertz CT molecular complexity index is 505. The predicted molar refractivity (Wildman–Crippen MR) is 65.5 cm³/mol. The zero-order chi connectivity index (χ0) is 13.2. The fourth-order valence-corrected chi connectivity index (χ4v) is 3.03. The number of hydrogen-bond acceptors (Lipinski definition) is 5. The average molecular weight is 274 g/mol. The lowest BCUT2D eigenvalue weighted by Crippen LogP contribution is -2.39. The Kier molecular flexibility index (Phi) is 3.76. The van der Waals surface area contributed by atoms with Crippen molar-refractivity contribution in [2.75, 3.05) is 13.2 Å². The highest BCUT2D eigenvalue weighted by Gasteiger charge is 2.46. The molecule has 1 aliphatic carbocycles. The molecule has 6 nitrogen and oxygen atoms in total. The van der Waals surface area contributed by atoms with Gasteiger partial charge in [0.15, 0.2) is 0 Å². The summed E-state index contributed by atoms with van der Waals surface area (Å²) >= 11 is 0. The van der Waals surface area contributed by atoms with E-state index < -0.39 is 15.6 Å². The molecule has 0 bridgehead atoms. The van der Waals surface area contributed by atoms with Gasteiger partial charge >= 0.3 is 0 Å². The Morgan fingerprint density at radius 2 is 2.17 bits per heavy atom. The summed E-state index contributed by atoms with van der Waals surface area (Å²) in [6.07, 6.45) is 1.32. The molecule has 7 heteroatoms. The van der Waals surface area contributed by atoms with E-state index in [1.807, 2.05) is 6.92 Å². The number of furan rings is 1. The van der Waals surface area contributed by atoms with Crippen molar-refractivity contribution in [1.82, 2.24) is 10.0 Å². The fourth-order valence-electron chi connectivity index (χ4n) is 1.62.